The van der Waals surface area contributed by atoms with Crippen molar-refractivity contribution in [3.8, 4) is 22.6 Å². The van der Waals surface area contributed by atoms with Crippen molar-refractivity contribution in [2.75, 3.05) is 0 Å². The maximum atomic E-state index is 11.8. The minimum Gasteiger partial charge on any atom is -0.395 e. The molecule has 0 aliphatic rings. The summed E-state index contributed by atoms with van der Waals surface area (Å²) < 4.78 is 10.3. The van der Waals surface area contributed by atoms with Crippen molar-refractivity contribution in [2.45, 2.75) is 6.92 Å². The second-order valence-corrected chi connectivity index (χ2v) is 5.16. The number of carbonyl (C=O) groups excluding carboxylic acids is 1. The Hall–Kier alpha value is -3.07. The quantitative estimate of drug-likeness (QED) is 0.490. The van der Waals surface area contributed by atoms with Gasteiger partial charge in [0.25, 0.3) is 0 Å². The number of benzene rings is 3. The summed E-state index contributed by atoms with van der Waals surface area (Å²) in [5.74, 6) is 0.906. The van der Waals surface area contributed by atoms with Crippen LogP contribution in [0.25, 0.3) is 11.1 Å². The van der Waals surface area contributed by atoms with E-state index in [1.807, 2.05) is 61.5 Å². The van der Waals surface area contributed by atoms with Crippen LogP contribution < -0.4 is 9.47 Å². The number of carbonyl (C=O) groups is 1. The van der Waals surface area contributed by atoms with E-state index in [1.54, 1.807) is 24.3 Å². The normalized spacial score (nSPS) is 10.1. The van der Waals surface area contributed by atoms with Gasteiger partial charge in [-0.2, -0.15) is 0 Å². The van der Waals surface area contributed by atoms with Crippen molar-refractivity contribution in [2.24, 2.45) is 0 Å². The average Bonchev–Trinajstić information content (AvgIpc) is 2.58. The lowest BCUT2D eigenvalue weighted by molar-refractivity contribution is 0.152. The summed E-state index contributed by atoms with van der Waals surface area (Å²) in [6.07, 6.45) is -0.749. The predicted octanol–water partition coefficient (Wildman–Crippen LogP) is 5.24. The van der Waals surface area contributed by atoms with E-state index in [2.05, 4.69) is 0 Å². The van der Waals surface area contributed by atoms with Crippen molar-refractivity contribution in [1.29, 1.82) is 0 Å². The summed E-state index contributed by atoms with van der Waals surface area (Å²) in [6.45, 7) is 1.97. The van der Waals surface area contributed by atoms with Gasteiger partial charge in [0.1, 0.15) is 11.5 Å². The molecule has 0 aliphatic carbocycles. The molecule has 0 heterocycles. The van der Waals surface area contributed by atoms with Crippen LogP contribution in [0.4, 0.5) is 4.79 Å². The first-order valence-electron chi connectivity index (χ1n) is 7.32. The van der Waals surface area contributed by atoms with Gasteiger partial charge in [-0.1, -0.05) is 60.2 Å². The Morgan fingerprint density at radius 3 is 1.70 bits per heavy atom. The molecular formula is C20H16O3. The Bertz CT molecular complexity index is 775. The Kier molecular flexibility index (Phi) is 4.39. The zero-order valence-electron chi connectivity index (χ0n) is 12.7. The van der Waals surface area contributed by atoms with Gasteiger partial charge in [-0.25, -0.2) is 4.79 Å². The average molecular weight is 304 g/mol. The van der Waals surface area contributed by atoms with E-state index in [4.69, 9.17) is 9.47 Å². The van der Waals surface area contributed by atoms with E-state index in [-0.39, 0.29) is 0 Å². The summed E-state index contributed by atoms with van der Waals surface area (Å²) in [6, 6.07) is 24.5. The van der Waals surface area contributed by atoms with Gasteiger partial charge in [0.05, 0.1) is 0 Å². The number of rotatable bonds is 3. The molecule has 0 atom stereocenters. The van der Waals surface area contributed by atoms with Crippen molar-refractivity contribution < 1.29 is 14.3 Å². The van der Waals surface area contributed by atoms with Crippen molar-refractivity contribution in [3.63, 3.8) is 0 Å². The fourth-order valence-corrected chi connectivity index (χ4v) is 2.17. The summed E-state index contributed by atoms with van der Waals surface area (Å²) in [5.41, 5.74) is 3.27. The zero-order valence-corrected chi connectivity index (χ0v) is 12.7. The Morgan fingerprint density at radius 1 is 0.652 bits per heavy atom. The van der Waals surface area contributed by atoms with Crippen LogP contribution in [0.1, 0.15) is 5.56 Å². The first kappa shape index (κ1) is 14.9. The first-order valence-corrected chi connectivity index (χ1v) is 7.32. The molecule has 0 unspecified atom stereocenters. The maximum Gasteiger partial charge on any atom is 0.519 e. The molecule has 0 amide bonds. The summed E-state index contributed by atoms with van der Waals surface area (Å²) in [5, 5.41) is 0. The summed E-state index contributed by atoms with van der Waals surface area (Å²) >= 11 is 0. The molecule has 0 fully saturated rings. The lowest BCUT2D eigenvalue weighted by Crippen LogP contribution is -2.13. The Balaban J connectivity index is 1.64. The third-order valence-corrected chi connectivity index (χ3v) is 3.38. The molecule has 0 aliphatic heterocycles. The minimum atomic E-state index is -0.749. The molecule has 3 aromatic carbocycles. The predicted molar refractivity (Wildman–Crippen MR) is 89.7 cm³/mol. The topological polar surface area (TPSA) is 35.5 Å². The third kappa shape index (κ3) is 3.98. The molecule has 114 valence electrons. The Morgan fingerprint density at radius 2 is 1.13 bits per heavy atom. The van der Waals surface area contributed by atoms with Gasteiger partial charge in [0.15, 0.2) is 0 Å². The van der Waals surface area contributed by atoms with Crippen LogP contribution in [0.15, 0.2) is 78.9 Å². The third-order valence-electron chi connectivity index (χ3n) is 3.38. The monoisotopic (exact) mass is 304 g/mol. The van der Waals surface area contributed by atoms with Crippen LogP contribution in [0.5, 0.6) is 11.5 Å². The number of aryl methyl sites for hydroxylation is 1. The zero-order chi connectivity index (χ0) is 16.1. The molecule has 0 saturated heterocycles. The first-order chi connectivity index (χ1) is 11.2. The second-order valence-electron chi connectivity index (χ2n) is 5.16. The molecule has 0 radical (unpaired) electrons. The molecule has 3 rings (SSSR count). The van der Waals surface area contributed by atoms with Gasteiger partial charge in [0, 0.05) is 0 Å². The number of hydrogen-bond donors (Lipinski definition) is 0. The molecule has 3 nitrogen and oxygen atoms in total. The maximum absolute atomic E-state index is 11.8. The molecule has 3 aromatic rings. The highest BCUT2D eigenvalue weighted by Crippen LogP contribution is 2.22. The van der Waals surface area contributed by atoms with Crippen LogP contribution in [0, 0.1) is 6.92 Å². The van der Waals surface area contributed by atoms with Gasteiger partial charge in [-0.15, -0.1) is 0 Å². The fourth-order valence-electron chi connectivity index (χ4n) is 2.17. The van der Waals surface area contributed by atoms with Crippen molar-refractivity contribution >= 4 is 6.16 Å². The summed E-state index contributed by atoms with van der Waals surface area (Å²) in [4.78, 5) is 11.8. The van der Waals surface area contributed by atoms with E-state index in [0.717, 1.165) is 16.7 Å². The fraction of sp³-hybridized carbons (Fsp3) is 0.0500. The van der Waals surface area contributed by atoms with Crippen LogP contribution in [-0.4, -0.2) is 6.16 Å². The lowest BCUT2D eigenvalue weighted by Gasteiger charge is -2.07. The highest BCUT2D eigenvalue weighted by molar-refractivity contribution is 5.68. The number of hydrogen-bond acceptors (Lipinski definition) is 3. The van der Waals surface area contributed by atoms with Crippen LogP contribution in [-0.2, 0) is 0 Å². The van der Waals surface area contributed by atoms with E-state index < -0.39 is 6.16 Å². The lowest BCUT2D eigenvalue weighted by atomic mass is 10.1. The van der Waals surface area contributed by atoms with Gasteiger partial charge in [-0.3, -0.25) is 0 Å². The van der Waals surface area contributed by atoms with E-state index in [9.17, 15) is 4.79 Å². The molecule has 0 spiro atoms. The highest BCUT2D eigenvalue weighted by Gasteiger charge is 2.08. The summed E-state index contributed by atoms with van der Waals surface area (Å²) in [7, 11) is 0. The molecule has 0 N–H and O–H groups in total. The van der Waals surface area contributed by atoms with Gasteiger partial charge in [-0.05, 0) is 42.3 Å². The van der Waals surface area contributed by atoms with Crippen LogP contribution in [0.2, 0.25) is 0 Å². The molecule has 0 aromatic heterocycles. The highest BCUT2D eigenvalue weighted by atomic mass is 16.7. The largest absolute Gasteiger partial charge is 0.519 e. The standard InChI is InChI=1S/C20H16O3/c1-15-7-11-18(12-8-15)22-20(21)23-19-13-9-17(10-14-19)16-5-3-2-4-6-16/h2-14H,1H3. The molecule has 0 bridgehead atoms. The van der Waals surface area contributed by atoms with Gasteiger partial charge < -0.3 is 9.47 Å². The number of ether oxygens (including phenoxy) is 2. The molecule has 0 saturated carbocycles. The smallest absolute Gasteiger partial charge is 0.395 e. The second kappa shape index (κ2) is 6.79. The van der Waals surface area contributed by atoms with E-state index >= 15 is 0 Å². The van der Waals surface area contributed by atoms with Crippen molar-refractivity contribution in [3.05, 3.63) is 84.4 Å². The van der Waals surface area contributed by atoms with Crippen LogP contribution in [0.3, 0.4) is 0 Å². The molecule has 3 heteroatoms. The van der Waals surface area contributed by atoms with Gasteiger partial charge >= 0.3 is 6.16 Å². The Labute approximate surface area is 135 Å². The van der Waals surface area contributed by atoms with E-state index in [1.165, 1.54) is 0 Å². The van der Waals surface area contributed by atoms with Crippen LogP contribution >= 0.6 is 0 Å². The van der Waals surface area contributed by atoms with Gasteiger partial charge in [0.2, 0.25) is 0 Å². The molecular weight excluding hydrogens is 288 g/mol. The molecule has 23 heavy (non-hydrogen) atoms. The van der Waals surface area contributed by atoms with Crippen molar-refractivity contribution in [1.82, 2.24) is 0 Å². The SMILES string of the molecule is Cc1ccc(OC(=O)Oc2ccc(-c3ccccc3)cc2)cc1. The van der Waals surface area contributed by atoms with E-state index in [0.29, 0.717) is 11.5 Å². The minimum absolute atomic E-state index is 0.446.